The minimum absolute atomic E-state index is 0.0318. The molecule has 0 saturated heterocycles. The molecule has 28 heavy (non-hydrogen) atoms. The molecule has 0 aliphatic heterocycles. The van der Waals surface area contributed by atoms with Gasteiger partial charge in [-0.3, -0.25) is 0 Å². The van der Waals surface area contributed by atoms with E-state index in [-0.39, 0.29) is 27.9 Å². The average Bonchev–Trinajstić information content (AvgIpc) is 2.61. The first-order valence-corrected chi connectivity index (χ1v) is 7.86. The summed E-state index contributed by atoms with van der Waals surface area (Å²) in [5.74, 6) is -5.93. The molecule has 144 valence electrons. The van der Waals surface area contributed by atoms with Crippen molar-refractivity contribution in [2.45, 2.75) is 6.18 Å². The second-order valence-corrected chi connectivity index (χ2v) is 5.91. The number of benzene rings is 2. The van der Waals surface area contributed by atoms with Gasteiger partial charge in [0.25, 0.3) is 0 Å². The lowest BCUT2D eigenvalue weighted by Gasteiger charge is -2.15. The largest absolute Gasteiger partial charge is 0.449 e. The Hall–Kier alpha value is -3.18. The molecule has 0 saturated carbocycles. The Morgan fingerprint density at radius 2 is 1.57 bits per heavy atom. The number of allylic oxidation sites excluding steroid dienone is 1. The molecule has 0 spiro atoms. The second kappa shape index (κ2) is 8.23. The van der Waals surface area contributed by atoms with Gasteiger partial charge < -0.3 is 10.1 Å². The molecule has 0 aliphatic rings. The van der Waals surface area contributed by atoms with E-state index in [1.165, 1.54) is 0 Å². The molecule has 0 fully saturated rings. The first-order chi connectivity index (χ1) is 13.1. The molecule has 4 nitrogen and oxygen atoms in total. The summed E-state index contributed by atoms with van der Waals surface area (Å²) < 4.78 is 84.4. The summed E-state index contributed by atoms with van der Waals surface area (Å²) in [4.78, 5) is 0. The highest BCUT2D eigenvalue weighted by atomic mass is 79.9. The lowest BCUT2D eigenvalue weighted by atomic mass is 10.2. The number of alkyl halides is 3. The standard InChI is InChI=1S/C17H6BrF6N3O/c18-10-3-14(27-7-8(5-25)6-26)15(4-11(10)19)28-16-12(20)1-9(2-13(16)21)17(22,23)24/h1-4,7,27H. The summed E-state index contributed by atoms with van der Waals surface area (Å²) in [5, 5.41) is 19.8. The van der Waals surface area contributed by atoms with Crippen molar-refractivity contribution in [2.24, 2.45) is 0 Å². The number of rotatable bonds is 4. The van der Waals surface area contributed by atoms with Gasteiger partial charge in [0.2, 0.25) is 0 Å². The summed E-state index contributed by atoms with van der Waals surface area (Å²) in [6.07, 6.45) is -4.06. The number of anilines is 1. The number of halogens is 7. The molecule has 0 unspecified atom stereocenters. The number of nitriles is 2. The number of hydrogen-bond donors (Lipinski definition) is 1. The van der Waals surface area contributed by atoms with Gasteiger partial charge in [0.05, 0.1) is 15.7 Å². The predicted molar refractivity (Wildman–Crippen MR) is 88.5 cm³/mol. The van der Waals surface area contributed by atoms with E-state index in [0.29, 0.717) is 6.07 Å². The van der Waals surface area contributed by atoms with Crippen LogP contribution in [-0.4, -0.2) is 0 Å². The Morgan fingerprint density at radius 1 is 1.00 bits per heavy atom. The Bertz CT molecular complexity index is 998. The molecule has 2 aromatic carbocycles. The first-order valence-electron chi connectivity index (χ1n) is 7.07. The van der Waals surface area contributed by atoms with Crippen LogP contribution in [0.25, 0.3) is 0 Å². The van der Waals surface area contributed by atoms with E-state index in [9.17, 15) is 26.3 Å². The molecule has 0 atom stereocenters. The fourth-order valence-electron chi connectivity index (χ4n) is 1.90. The van der Waals surface area contributed by atoms with Crippen LogP contribution in [0, 0.1) is 40.1 Å². The third-order valence-corrected chi connectivity index (χ3v) is 3.78. The van der Waals surface area contributed by atoms with Gasteiger partial charge in [-0.25, -0.2) is 13.2 Å². The van der Waals surface area contributed by atoms with Crippen molar-refractivity contribution in [3.05, 3.63) is 63.5 Å². The van der Waals surface area contributed by atoms with Gasteiger partial charge in [-0.15, -0.1) is 0 Å². The van der Waals surface area contributed by atoms with Crippen molar-refractivity contribution in [3.63, 3.8) is 0 Å². The third-order valence-electron chi connectivity index (χ3n) is 3.17. The molecule has 2 rings (SSSR count). The van der Waals surface area contributed by atoms with E-state index in [0.717, 1.165) is 12.3 Å². The average molecular weight is 462 g/mol. The first kappa shape index (κ1) is 21.1. The van der Waals surface area contributed by atoms with Crippen molar-refractivity contribution >= 4 is 21.6 Å². The maximum atomic E-state index is 14.0. The molecule has 0 heterocycles. The van der Waals surface area contributed by atoms with Crippen LogP contribution in [0.3, 0.4) is 0 Å². The number of hydrogen-bond acceptors (Lipinski definition) is 4. The van der Waals surface area contributed by atoms with Crippen LogP contribution < -0.4 is 10.1 Å². The smallest absolute Gasteiger partial charge is 0.416 e. The van der Waals surface area contributed by atoms with E-state index in [1.54, 1.807) is 12.1 Å². The second-order valence-electron chi connectivity index (χ2n) is 5.06. The maximum absolute atomic E-state index is 14.0. The highest BCUT2D eigenvalue weighted by molar-refractivity contribution is 9.10. The zero-order valence-electron chi connectivity index (χ0n) is 13.3. The molecule has 0 amide bonds. The zero-order chi connectivity index (χ0) is 21.1. The lowest BCUT2D eigenvalue weighted by molar-refractivity contribution is -0.138. The number of nitrogens with zero attached hydrogens (tertiary/aromatic N) is 2. The van der Waals surface area contributed by atoms with Gasteiger partial charge in [-0.1, -0.05) is 0 Å². The molecular formula is C17H6BrF6N3O. The summed E-state index contributed by atoms with van der Waals surface area (Å²) in [6.45, 7) is 0. The molecular weight excluding hydrogens is 456 g/mol. The Labute approximate surface area is 162 Å². The molecule has 0 aliphatic carbocycles. The summed E-state index contributed by atoms with van der Waals surface area (Å²) in [7, 11) is 0. The van der Waals surface area contributed by atoms with Gasteiger partial charge in [0, 0.05) is 12.3 Å². The van der Waals surface area contributed by atoms with Gasteiger partial charge in [-0.2, -0.15) is 23.7 Å². The topological polar surface area (TPSA) is 68.8 Å². The van der Waals surface area contributed by atoms with Crippen LogP contribution in [0.4, 0.5) is 32.0 Å². The molecule has 0 bridgehead atoms. The maximum Gasteiger partial charge on any atom is 0.416 e. The zero-order valence-corrected chi connectivity index (χ0v) is 14.9. The Kier molecular flexibility index (Phi) is 6.21. The molecule has 2 aromatic rings. The van der Waals surface area contributed by atoms with Crippen LogP contribution in [0.15, 0.2) is 40.5 Å². The predicted octanol–water partition coefficient (Wildman–Crippen LogP) is 6.02. The van der Waals surface area contributed by atoms with Crippen LogP contribution in [0.1, 0.15) is 5.56 Å². The quantitative estimate of drug-likeness (QED) is 0.446. The third kappa shape index (κ3) is 4.75. The Balaban J connectivity index is 2.49. The molecule has 1 N–H and O–H groups in total. The van der Waals surface area contributed by atoms with E-state index >= 15 is 0 Å². The summed E-state index contributed by atoms with van der Waals surface area (Å²) in [5.41, 5.74) is -2.07. The molecule has 0 aromatic heterocycles. The van der Waals surface area contributed by atoms with Gasteiger partial charge in [-0.05, 0) is 34.1 Å². The fourth-order valence-corrected chi connectivity index (χ4v) is 2.24. The minimum Gasteiger partial charge on any atom is -0.449 e. The van der Waals surface area contributed by atoms with E-state index in [2.05, 4.69) is 21.2 Å². The van der Waals surface area contributed by atoms with Crippen LogP contribution in [0.5, 0.6) is 11.5 Å². The van der Waals surface area contributed by atoms with E-state index in [1.807, 2.05) is 0 Å². The monoisotopic (exact) mass is 461 g/mol. The highest BCUT2D eigenvalue weighted by Crippen LogP contribution is 2.39. The van der Waals surface area contributed by atoms with Crippen molar-refractivity contribution in [2.75, 3.05) is 5.32 Å². The fraction of sp³-hybridized carbons (Fsp3) is 0.0588. The molecule has 0 radical (unpaired) electrons. The van der Waals surface area contributed by atoms with Crippen LogP contribution in [-0.2, 0) is 6.18 Å². The highest BCUT2D eigenvalue weighted by Gasteiger charge is 2.33. The van der Waals surface area contributed by atoms with Gasteiger partial charge >= 0.3 is 6.18 Å². The minimum atomic E-state index is -4.98. The van der Waals surface area contributed by atoms with Crippen molar-refractivity contribution in [1.82, 2.24) is 0 Å². The van der Waals surface area contributed by atoms with Crippen LogP contribution >= 0.6 is 15.9 Å². The van der Waals surface area contributed by atoms with Gasteiger partial charge in [0.1, 0.15) is 23.5 Å². The number of nitrogens with one attached hydrogen (secondary N) is 1. The van der Waals surface area contributed by atoms with E-state index in [4.69, 9.17) is 15.3 Å². The Morgan fingerprint density at radius 3 is 2.07 bits per heavy atom. The normalized spacial score (nSPS) is 10.6. The van der Waals surface area contributed by atoms with E-state index < -0.39 is 40.7 Å². The van der Waals surface area contributed by atoms with Crippen molar-refractivity contribution in [1.29, 1.82) is 10.5 Å². The van der Waals surface area contributed by atoms with Gasteiger partial charge in [0.15, 0.2) is 23.1 Å². The lowest BCUT2D eigenvalue weighted by Crippen LogP contribution is -2.07. The summed E-state index contributed by atoms with van der Waals surface area (Å²) in [6, 6.07) is 4.92. The SMILES string of the molecule is N#CC(C#N)=CNc1cc(Br)c(F)cc1Oc1c(F)cc(C(F)(F)F)cc1F. The van der Waals surface area contributed by atoms with Crippen molar-refractivity contribution in [3.8, 4) is 23.6 Å². The summed E-state index contributed by atoms with van der Waals surface area (Å²) >= 11 is 2.87. The van der Waals surface area contributed by atoms with Crippen LogP contribution in [0.2, 0.25) is 0 Å². The number of ether oxygens (including phenoxy) is 1. The van der Waals surface area contributed by atoms with Crippen molar-refractivity contribution < 1.29 is 31.1 Å². The molecule has 11 heteroatoms.